The summed E-state index contributed by atoms with van der Waals surface area (Å²) in [5.74, 6) is -1.29. The molecule has 0 aliphatic carbocycles. The summed E-state index contributed by atoms with van der Waals surface area (Å²) < 4.78 is 9.94. The Morgan fingerprint density at radius 1 is 1.17 bits per heavy atom. The van der Waals surface area contributed by atoms with Crippen LogP contribution in [0.1, 0.15) is 0 Å². The maximum absolute atomic E-state index is 11.5. The van der Waals surface area contributed by atoms with E-state index in [2.05, 4.69) is 30.7 Å². The van der Waals surface area contributed by atoms with E-state index in [1.54, 1.807) is 24.3 Å². The van der Waals surface area contributed by atoms with Crippen LogP contribution >= 0.6 is 15.9 Å². The Balaban J connectivity index is 2.91. The molecule has 18 heavy (non-hydrogen) atoms. The molecular formula is C12H12BrNO4. The Labute approximate surface area is 113 Å². The van der Waals surface area contributed by atoms with Crippen molar-refractivity contribution < 1.29 is 19.1 Å². The van der Waals surface area contributed by atoms with Crippen molar-refractivity contribution in [1.29, 1.82) is 0 Å². The largest absolute Gasteiger partial charge is 0.466 e. The first-order valence-corrected chi connectivity index (χ1v) is 5.76. The molecule has 0 radical (unpaired) electrons. The maximum atomic E-state index is 11.5. The number of benzene rings is 1. The van der Waals surface area contributed by atoms with E-state index >= 15 is 0 Å². The Kier molecular flexibility index (Phi) is 5.38. The average molecular weight is 314 g/mol. The standard InChI is InChI=1S/C12H12BrNO4/c1-17-11(15)7-10(12(16)18-2)14-9-5-3-8(13)4-6-9/h3-7,14H,1-2H3. The highest BCUT2D eigenvalue weighted by Gasteiger charge is 2.12. The first kappa shape index (κ1) is 14.2. The molecule has 1 N–H and O–H groups in total. The minimum atomic E-state index is -0.650. The number of ether oxygens (including phenoxy) is 2. The third-order valence-electron chi connectivity index (χ3n) is 1.99. The number of carbonyl (C=O) groups is 2. The topological polar surface area (TPSA) is 64.6 Å². The molecule has 96 valence electrons. The predicted molar refractivity (Wildman–Crippen MR) is 69.9 cm³/mol. The van der Waals surface area contributed by atoms with Crippen LogP contribution < -0.4 is 5.32 Å². The Hall–Kier alpha value is -1.82. The Bertz CT molecular complexity index is 467. The van der Waals surface area contributed by atoms with Crippen molar-refractivity contribution in [1.82, 2.24) is 0 Å². The summed E-state index contributed by atoms with van der Waals surface area (Å²) in [4.78, 5) is 22.6. The number of hydrogen-bond acceptors (Lipinski definition) is 5. The van der Waals surface area contributed by atoms with E-state index in [0.717, 1.165) is 10.5 Å². The minimum Gasteiger partial charge on any atom is -0.466 e. The third-order valence-corrected chi connectivity index (χ3v) is 2.52. The molecule has 0 aliphatic heterocycles. The number of hydrogen-bond donors (Lipinski definition) is 1. The molecule has 0 saturated carbocycles. The van der Waals surface area contributed by atoms with Gasteiger partial charge in [-0.15, -0.1) is 0 Å². The number of nitrogens with one attached hydrogen (secondary N) is 1. The van der Waals surface area contributed by atoms with Gasteiger partial charge in [0, 0.05) is 10.2 Å². The second-order valence-corrected chi connectivity index (χ2v) is 4.12. The van der Waals surface area contributed by atoms with Crippen LogP contribution in [-0.2, 0) is 19.1 Å². The molecule has 5 nitrogen and oxygen atoms in total. The van der Waals surface area contributed by atoms with Crippen molar-refractivity contribution in [3.8, 4) is 0 Å². The van der Waals surface area contributed by atoms with Gasteiger partial charge in [-0.05, 0) is 24.3 Å². The van der Waals surface area contributed by atoms with Gasteiger partial charge in [0.1, 0.15) is 5.70 Å². The van der Waals surface area contributed by atoms with Gasteiger partial charge in [0.2, 0.25) is 0 Å². The fraction of sp³-hybridized carbons (Fsp3) is 0.167. The van der Waals surface area contributed by atoms with Gasteiger partial charge in [-0.3, -0.25) is 0 Å². The van der Waals surface area contributed by atoms with Gasteiger partial charge in [0.05, 0.1) is 20.3 Å². The van der Waals surface area contributed by atoms with E-state index in [1.807, 2.05) is 0 Å². The van der Waals surface area contributed by atoms with Crippen molar-refractivity contribution in [2.45, 2.75) is 0 Å². The van der Waals surface area contributed by atoms with Crippen LogP contribution in [0.2, 0.25) is 0 Å². The molecule has 0 heterocycles. The number of esters is 2. The van der Waals surface area contributed by atoms with E-state index in [0.29, 0.717) is 5.69 Å². The molecular weight excluding hydrogens is 302 g/mol. The van der Waals surface area contributed by atoms with E-state index in [9.17, 15) is 9.59 Å². The van der Waals surface area contributed by atoms with E-state index < -0.39 is 11.9 Å². The molecule has 0 saturated heterocycles. The van der Waals surface area contributed by atoms with Crippen LogP contribution in [0.4, 0.5) is 5.69 Å². The zero-order valence-electron chi connectivity index (χ0n) is 9.90. The molecule has 0 unspecified atom stereocenters. The number of anilines is 1. The second kappa shape index (κ2) is 6.80. The van der Waals surface area contributed by atoms with Crippen LogP contribution in [0.25, 0.3) is 0 Å². The monoisotopic (exact) mass is 313 g/mol. The molecule has 0 atom stereocenters. The highest BCUT2D eigenvalue weighted by molar-refractivity contribution is 9.10. The van der Waals surface area contributed by atoms with Crippen molar-refractivity contribution >= 4 is 33.6 Å². The van der Waals surface area contributed by atoms with Gasteiger partial charge in [-0.1, -0.05) is 15.9 Å². The summed E-state index contributed by atoms with van der Waals surface area (Å²) in [6, 6.07) is 7.10. The molecule has 0 aliphatic rings. The SMILES string of the molecule is COC(=O)C=C(Nc1ccc(Br)cc1)C(=O)OC. The fourth-order valence-corrected chi connectivity index (χ4v) is 1.39. The van der Waals surface area contributed by atoms with Crippen LogP contribution in [0.3, 0.4) is 0 Å². The number of carbonyl (C=O) groups excluding carboxylic acids is 2. The molecule has 0 spiro atoms. The average Bonchev–Trinajstić information content (AvgIpc) is 2.39. The Morgan fingerprint density at radius 3 is 2.28 bits per heavy atom. The highest BCUT2D eigenvalue weighted by atomic mass is 79.9. The fourth-order valence-electron chi connectivity index (χ4n) is 1.12. The zero-order chi connectivity index (χ0) is 13.5. The normalized spacial score (nSPS) is 10.7. The minimum absolute atomic E-state index is 0.00618. The van der Waals surface area contributed by atoms with Gasteiger partial charge in [0.15, 0.2) is 0 Å². The van der Waals surface area contributed by atoms with Gasteiger partial charge in [-0.2, -0.15) is 0 Å². The number of halogens is 1. The lowest BCUT2D eigenvalue weighted by atomic mass is 10.3. The highest BCUT2D eigenvalue weighted by Crippen LogP contribution is 2.16. The van der Waals surface area contributed by atoms with Crippen molar-refractivity contribution in [2.75, 3.05) is 19.5 Å². The number of rotatable bonds is 4. The van der Waals surface area contributed by atoms with E-state index in [1.165, 1.54) is 14.2 Å². The van der Waals surface area contributed by atoms with E-state index in [4.69, 9.17) is 0 Å². The third kappa shape index (κ3) is 4.21. The molecule has 1 aromatic carbocycles. The van der Waals surface area contributed by atoms with Crippen LogP contribution in [-0.4, -0.2) is 26.2 Å². The molecule has 0 bridgehead atoms. The first-order valence-electron chi connectivity index (χ1n) is 4.97. The maximum Gasteiger partial charge on any atom is 0.354 e. The van der Waals surface area contributed by atoms with Crippen LogP contribution in [0.5, 0.6) is 0 Å². The summed E-state index contributed by atoms with van der Waals surface area (Å²) in [6.45, 7) is 0. The van der Waals surface area contributed by atoms with Gasteiger partial charge in [-0.25, -0.2) is 9.59 Å². The van der Waals surface area contributed by atoms with Crippen LogP contribution in [0, 0.1) is 0 Å². The van der Waals surface area contributed by atoms with Crippen molar-refractivity contribution in [2.24, 2.45) is 0 Å². The second-order valence-electron chi connectivity index (χ2n) is 3.20. The summed E-state index contributed by atoms with van der Waals surface area (Å²) in [5.41, 5.74) is 0.658. The van der Waals surface area contributed by atoms with Crippen molar-refractivity contribution in [3.05, 3.63) is 40.5 Å². The lowest BCUT2D eigenvalue weighted by molar-refractivity contribution is -0.138. The molecule has 1 rings (SSSR count). The summed E-state index contributed by atoms with van der Waals surface area (Å²) in [6.07, 6.45) is 1.04. The first-order chi connectivity index (χ1) is 8.56. The predicted octanol–water partition coefficient (Wildman–Crippen LogP) is 2.09. The van der Waals surface area contributed by atoms with Gasteiger partial charge < -0.3 is 14.8 Å². The quantitative estimate of drug-likeness (QED) is 0.681. The van der Waals surface area contributed by atoms with Crippen LogP contribution in [0.15, 0.2) is 40.5 Å². The summed E-state index contributed by atoms with van der Waals surface area (Å²) in [5, 5.41) is 2.79. The van der Waals surface area contributed by atoms with E-state index in [-0.39, 0.29) is 5.70 Å². The lowest BCUT2D eigenvalue weighted by Crippen LogP contribution is -2.15. The van der Waals surface area contributed by atoms with Gasteiger partial charge >= 0.3 is 11.9 Å². The summed E-state index contributed by atoms with van der Waals surface area (Å²) in [7, 11) is 2.46. The molecule has 0 fully saturated rings. The Morgan fingerprint density at radius 2 is 1.78 bits per heavy atom. The molecule has 6 heteroatoms. The van der Waals surface area contributed by atoms with Crippen molar-refractivity contribution in [3.63, 3.8) is 0 Å². The number of methoxy groups -OCH3 is 2. The van der Waals surface area contributed by atoms with Gasteiger partial charge in [0.25, 0.3) is 0 Å². The zero-order valence-corrected chi connectivity index (χ0v) is 11.5. The molecule has 0 aromatic heterocycles. The lowest BCUT2D eigenvalue weighted by Gasteiger charge is -2.08. The smallest absolute Gasteiger partial charge is 0.354 e. The molecule has 1 aromatic rings. The summed E-state index contributed by atoms with van der Waals surface area (Å²) >= 11 is 3.30. The molecule has 0 amide bonds.